The zero-order chi connectivity index (χ0) is 17.0. The number of rotatable bonds is 5. The third-order valence-corrected chi connectivity index (χ3v) is 5.01. The minimum Gasteiger partial charge on any atom is -0.337 e. The first-order valence-electron chi connectivity index (χ1n) is 8.26. The molecule has 0 aromatic carbocycles. The van der Waals surface area contributed by atoms with E-state index in [4.69, 9.17) is 0 Å². The number of amides is 2. The van der Waals surface area contributed by atoms with Crippen molar-refractivity contribution in [1.82, 2.24) is 14.7 Å². The molecule has 2 rings (SSSR count). The van der Waals surface area contributed by atoms with Crippen LogP contribution in [0.3, 0.4) is 0 Å². The zero-order valence-electron chi connectivity index (χ0n) is 14.5. The SMILES string of the molecule is CC(C)N(C(=O)CN1CCN(C(=O)c2cccs2)CC1)C(C)C. The van der Waals surface area contributed by atoms with Gasteiger partial charge in [-0.1, -0.05) is 6.07 Å². The summed E-state index contributed by atoms with van der Waals surface area (Å²) >= 11 is 1.48. The van der Waals surface area contributed by atoms with Crippen molar-refractivity contribution in [2.75, 3.05) is 32.7 Å². The maximum absolute atomic E-state index is 12.5. The van der Waals surface area contributed by atoms with E-state index < -0.39 is 0 Å². The average molecular weight is 337 g/mol. The number of nitrogens with zero attached hydrogens (tertiary/aromatic N) is 3. The van der Waals surface area contributed by atoms with Crippen LogP contribution in [0.1, 0.15) is 37.4 Å². The third kappa shape index (κ3) is 4.54. The molecule has 0 unspecified atom stereocenters. The van der Waals surface area contributed by atoms with Gasteiger partial charge in [-0.25, -0.2) is 0 Å². The maximum atomic E-state index is 12.5. The van der Waals surface area contributed by atoms with Crippen LogP contribution < -0.4 is 0 Å². The van der Waals surface area contributed by atoms with Crippen LogP contribution in [0, 0.1) is 0 Å². The topological polar surface area (TPSA) is 43.9 Å². The summed E-state index contributed by atoms with van der Waals surface area (Å²) in [7, 11) is 0. The molecule has 5 nitrogen and oxygen atoms in total. The van der Waals surface area contributed by atoms with E-state index in [0.717, 1.165) is 18.0 Å². The molecule has 6 heteroatoms. The molecule has 1 saturated heterocycles. The van der Waals surface area contributed by atoms with E-state index in [1.54, 1.807) is 0 Å². The minimum atomic E-state index is 0.108. The number of hydrogen-bond donors (Lipinski definition) is 0. The number of piperazine rings is 1. The fourth-order valence-electron chi connectivity index (χ4n) is 3.11. The summed E-state index contributed by atoms with van der Waals surface area (Å²) < 4.78 is 0. The van der Waals surface area contributed by atoms with Crippen molar-refractivity contribution in [2.24, 2.45) is 0 Å². The second-order valence-corrected chi connectivity index (χ2v) is 7.48. The van der Waals surface area contributed by atoms with Crippen LogP contribution in [0.2, 0.25) is 0 Å². The lowest BCUT2D eigenvalue weighted by Gasteiger charge is -2.37. The molecular weight excluding hydrogens is 310 g/mol. The molecule has 0 bridgehead atoms. The smallest absolute Gasteiger partial charge is 0.264 e. The Morgan fingerprint density at radius 3 is 2.22 bits per heavy atom. The van der Waals surface area contributed by atoms with Gasteiger partial charge < -0.3 is 9.80 Å². The molecule has 23 heavy (non-hydrogen) atoms. The molecule has 2 heterocycles. The van der Waals surface area contributed by atoms with Crippen molar-refractivity contribution in [3.63, 3.8) is 0 Å². The molecule has 0 aliphatic carbocycles. The Morgan fingerprint density at radius 2 is 1.74 bits per heavy atom. The summed E-state index contributed by atoms with van der Waals surface area (Å²) in [5.41, 5.74) is 0. The van der Waals surface area contributed by atoms with Gasteiger partial charge in [0.1, 0.15) is 0 Å². The number of thiophene rings is 1. The molecule has 1 aliphatic rings. The van der Waals surface area contributed by atoms with Crippen molar-refractivity contribution in [3.8, 4) is 0 Å². The number of carbonyl (C=O) groups excluding carboxylic acids is 2. The van der Waals surface area contributed by atoms with E-state index in [1.807, 2.05) is 27.3 Å². The number of hydrogen-bond acceptors (Lipinski definition) is 4. The molecule has 0 N–H and O–H groups in total. The van der Waals surface area contributed by atoms with Crippen LogP contribution in [0.15, 0.2) is 17.5 Å². The predicted molar refractivity (Wildman–Crippen MR) is 93.8 cm³/mol. The second kappa shape index (κ2) is 7.93. The molecule has 0 saturated carbocycles. The van der Waals surface area contributed by atoms with E-state index in [0.29, 0.717) is 19.6 Å². The molecule has 1 aliphatic heterocycles. The van der Waals surface area contributed by atoms with Gasteiger partial charge in [0.15, 0.2) is 0 Å². The van der Waals surface area contributed by atoms with Crippen molar-refractivity contribution in [1.29, 1.82) is 0 Å². The summed E-state index contributed by atoms with van der Waals surface area (Å²) in [5, 5.41) is 1.93. The lowest BCUT2D eigenvalue weighted by atomic mass is 10.2. The van der Waals surface area contributed by atoms with Crippen LogP contribution in [0.25, 0.3) is 0 Å². The largest absolute Gasteiger partial charge is 0.337 e. The Morgan fingerprint density at radius 1 is 1.13 bits per heavy atom. The number of carbonyl (C=O) groups is 2. The summed E-state index contributed by atoms with van der Waals surface area (Å²) in [5.74, 6) is 0.282. The monoisotopic (exact) mass is 337 g/mol. The summed E-state index contributed by atoms with van der Waals surface area (Å²) in [6.07, 6.45) is 0. The van der Waals surface area contributed by atoms with E-state index in [-0.39, 0.29) is 23.9 Å². The van der Waals surface area contributed by atoms with Gasteiger partial charge >= 0.3 is 0 Å². The van der Waals surface area contributed by atoms with Crippen LogP contribution in [0.5, 0.6) is 0 Å². The first kappa shape index (κ1) is 17.9. The highest BCUT2D eigenvalue weighted by Gasteiger charge is 2.26. The fraction of sp³-hybridized carbons (Fsp3) is 0.647. The lowest BCUT2D eigenvalue weighted by Crippen LogP contribution is -2.53. The molecule has 2 amide bonds. The molecule has 1 aromatic heterocycles. The van der Waals surface area contributed by atoms with Crippen LogP contribution in [-0.4, -0.2) is 71.3 Å². The fourth-order valence-corrected chi connectivity index (χ4v) is 3.80. The van der Waals surface area contributed by atoms with Crippen molar-refractivity contribution < 1.29 is 9.59 Å². The second-order valence-electron chi connectivity index (χ2n) is 6.53. The molecule has 128 valence electrons. The third-order valence-electron chi connectivity index (χ3n) is 4.15. The first-order chi connectivity index (χ1) is 10.9. The highest BCUT2D eigenvalue weighted by atomic mass is 32.1. The van der Waals surface area contributed by atoms with E-state index in [9.17, 15) is 9.59 Å². The Hall–Kier alpha value is -1.40. The maximum Gasteiger partial charge on any atom is 0.264 e. The Kier molecular flexibility index (Phi) is 6.18. The standard InChI is InChI=1S/C17H27N3O2S/c1-13(2)20(14(3)4)16(21)12-18-7-9-19(10-8-18)17(22)15-6-5-11-23-15/h5-6,11,13-14H,7-10,12H2,1-4H3. The van der Waals surface area contributed by atoms with Crippen LogP contribution in [0.4, 0.5) is 0 Å². The van der Waals surface area contributed by atoms with Crippen molar-refractivity contribution in [3.05, 3.63) is 22.4 Å². The predicted octanol–water partition coefficient (Wildman–Crippen LogP) is 2.15. The van der Waals surface area contributed by atoms with Gasteiger partial charge in [-0.15, -0.1) is 11.3 Å². The Labute approximate surface area is 142 Å². The van der Waals surface area contributed by atoms with E-state index >= 15 is 0 Å². The van der Waals surface area contributed by atoms with Gasteiger partial charge in [-0.2, -0.15) is 0 Å². The van der Waals surface area contributed by atoms with Gasteiger partial charge in [-0.05, 0) is 39.1 Å². The van der Waals surface area contributed by atoms with Crippen LogP contribution >= 0.6 is 11.3 Å². The van der Waals surface area contributed by atoms with Gasteiger partial charge in [0.2, 0.25) is 5.91 Å². The van der Waals surface area contributed by atoms with Gasteiger partial charge in [0, 0.05) is 38.3 Å². The Balaban J connectivity index is 1.85. The van der Waals surface area contributed by atoms with Gasteiger partial charge in [-0.3, -0.25) is 14.5 Å². The summed E-state index contributed by atoms with van der Waals surface area (Å²) in [6, 6.07) is 4.19. The average Bonchev–Trinajstić information content (AvgIpc) is 3.00. The highest BCUT2D eigenvalue weighted by Crippen LogP contribution is 2.14. The lowest BCUT2D eigenvalue weighted by molar-refractivity contribution is -0.136. The molecule has 0 atom stereocenters. The van der Waals surface area contributed by atoms with E-state index in [2.05, 4.69) is 32.6 Å². The molecular formula is C17H27N3O2S. The summed E-state index contributed by atoms with van der Waals surface area (Å²) in [6.45, 7) is 11.5. The van der Waals surface area contributed by atoms with Gasteiger partial charge in [0.05, 0.1) is 11.4 Å². The first-order valence-corrected chi connectivity index (χ1v) is 9.14. The molecule has 1 aromatic rings. The summed E-state index contributed by atoms with van der Waals surface area (Å²) in [4.78, 5) is 31.6. The minimum absolute atomic E-state index is 0.108. The zero-order valence-corrected chi connectivity index (χ0v) is 15.3. The van der Waals surface area contributed by atoms with Crippen LogP contribution in [-0.2, 0) is 4.79 Å². The van der Waals surface area contributed by atoms with Crippen molar-refractivity contribution in [2.45, 2.75) is 39.8 Å². The highest BCUT2D eigenvalue weighted by molar-refractivity contribution is 7.12. The van der Waals surface area contributed by atoms with Crippen molar-refractivity contribution >= 4 is 23.2 Å². The molecule has 0 spiro atoms. The molecule has 0 radical (unpaired) electrons. The normalized spacial score (nSPS) is 16.2. The molecule has 1 fully saturated rings. The van der Waals surface area contributed by atoms with E-state index in [1.165, 1.54) is 11.3 Å². The Bertz CT molecular complexity index is 512. The van der Waals surface area contributed by atoms with Gasteiger partial charge in [0.25, 0.3) is 5.91 Å². The quantitative estimate of drug-likeness (QED) is 0.827.